The van der Waals surface area contributed by atoms with E-state index in [1.165, 1.54) is 6.07 Å². The van der Waals surface area contributed by atoms with Crippen LogP contribution in [0.2, 0.25) is 5.02 Å². The molecule has 4 heteroatoms. The van der Waals surface area contributed by atoms with Crippen LogP contribution in [0.5, 0.6) is 0 Å². The van der Waals surface area contributed by atoms with Gasteiger partial charge in [0.15, 0.2) is 0 Å². The zero-order valence-corrected chi connectivity index (χ0v) is 12.2. The van der Waals surface area contributed by atoms with Crippen molar-refractivity contribution in [1.29, 1.82) is 0 Å². The van der Waals surface area contributed by atoms with Crippen molar-refractivity contribution in [3.05, 3.63) is 58.4 Å². The van der Waals surface area contributed by atoms with Gasteiger partial charge in [0, 0.05) is 17.2 Å². The lowest BCUT2D eigenvalue weighted by Crippen LogP contribution is -2.14. The van der Waals surface area contributed by atoms with E-state index in [0.29, 0.717) is 11.6 Å². The van der Waals surface area contributed by atoms with E-state index in [0.717, 1.165) is 6.07 Å². The van der Waals surface area contributed by atoms with Crippen molar-refractivity contribution in [3.8, 4) is 11.1 Å². The molecule has 0 fully saturated rings. The van der Waals surface area contributed by atoms with Crippen molar-refractivity contribution in [2.45, 2.75) is 26.2 Å². The Labute approximate surface area is 121 Å². The lowest BCUT2D eigenvalue weighted by molar-refractivity contribution is 0.523. The number of benzene rings is 2. The Kier molecular flexibility index (Phi) is 3.83. The molecular formula is C16H14ClF3. The van der Waals surface area contributed by atoms with Gasteiger partial charge in [-0.1, -0.05) is 50.6 Å². The fraction of sp³-hybridized carbons (Fsp3) is 0.250. The highest BCUT2D eigenvalue weighted by atomic mass is 35.5. The standard InChI is InChI=1S/C16H14ClF3/c1-16(2,3)11-6-4-5-10(15(11)20)14-12(17)7-9(18)8-13(14)19/h4-8H,1-3H3. The molecule has 0 saturated heterocycles. The number of hydrogen-bond donors (Lipinski definition) is 0. The van der Waals surface area contributed by atoms with Gasteiger partial charge in [0.2, 0.25) is 0 Å². The van der Waals surface area contributed by atoms with Gasteiger partial charge >= 0.3 is 0 Å². The molecule has 0 amide bonds. The molecule has 20 heavy (non-hydrogen) atoms. The van der Waals surface area contributed by atoms with E-state index in [2.05, 4.69) is 0 Å². The van der Waals surface area contributed by atoms with Crippen LogP contribution in [0.4, 0.5) is 13.2 Å². The van der Waals surface area contributed by atoms with E-state index in [9.17, 15) is 13.2 Å². The zero-order valence-electron chi connectivity index (χ0n) is 11.4. The Balaban J connectivity index is 2.72. The summed E-state index contributed by atoms with van der Waals surface area (Å²) in [4.78, 5) is 0. The number of halogens is 4. The van der Waals surface area contributed by atoms with Crippen LogP contribution >= 0.6 is 11.6 Å². The highest BCUT2D eigenvalue weighted by Crippen LogP contribution is 2.36. The Morgan fingerprint density at radius 1 is 1.00 bits per heavy atom. The van der Waals surface area contributed by atoms with Gasteiger partial charge in [-0.15, -0.1) is 0 Å². The summed E-state index contributed by atoms with van der Waals surface area (Å²) in [6.45, 7) is 5.58. The summed E-state index contributed by atoms with van der Waals surface area (Å²) in [6.07, 6.45) is 0. The molecule has 0 N–H and O–H groups in total. The third-order valence-electron chi connectivity index (χ3n) is 3.08. The van der Waals surface area contributed by atoms with Gasteiger partial charge in [-0.05, 0) is 17.0 Å². The summed E-state index contributed by atoms with van der Waals surface area (Å²) in [7, 11) is 0. The molecule has 0 nitrogen and oxygen atoms in total. The Morgan fingerprint density at radius 2 is 1.65 bits per heavy atom. The predicted octanol–water partition coefficient (Wildman–Crippen LogP) is 5.72. The van der Waals surface area contributed by atoms with Gasteiger partial charge in [0.1, 0.15) is 17.5 Å². The normalized spacial score (nSPS) is 11.8. The van der Waals surface area contributed by atoms with Crippen LogP contribution < -0.4 is 0 Å². The Bertz CT molecular complexity index is 634. The molecule has 0 heterocycles. The fourth-order valence-electron chi connectivity index (χ4n) is 2.10. The molecule has 0 bridgehead atoms. The van der Waals surface area contributed by atoms with Gasteiger partial charge in [-0.2, -0.15) is 0 Å². The van der Waals surface area contributed by atoms with Gasteiger partial charge in [-0.3, -0.25) is 0 Å². The van der Waals surface area contributed by atoms with E-state index >= 15 is 0 Å². The van der Waals surface area contributed by atoms with Crippen LogP contribution in [0.3, 0.4) is 0 Å². The second-order valence-electron chi connectivity index (χ2n) is 5.66. The Morgan fingerprint density at radius 3 is 2.20 bits per heavy atom. The molecule has 0 unspecified atom stereocenters. The van der Waals surface area contributed by atoms with Crippen molar-refractivity contribution in [2.24, 2.45) is 0 Å². The van der Waals surface area contributed by atoms with Crippen molar-refractivity contribution in [3.63, 3.8) is 0 Å². The maximum Gasteiger partial charge on any atom is 0.135 e. The topological polar surface area (TPSA) is 0 Å². The number of hydrogen-bond acceptors (Lipinski definition) is 0. The SMILES string of the molecule is CC(C)(C)c1cccc(-c2c(F)cc(F)cc2Cl)c1F. The van der Waals surface area contributed by atoms with Crippen LogP contribution in [0.15, 0.2) is 30.3 Å². The van der Waals surface area contributed by atoms with Gasteiger partial charge in [0.05, 0.1) is 5.02 Å². The van der Waals surface area contributed by atoms with Crippen LogP contribution in [0.1, 0.15) is 26.3 Å². The minimum atomic E-state index is -0.875. The molecule has 2 aromatic carbocycles. The molecule has 0 radical (unpaired) electrons. The van der Waals surface area contributed by atoms with Crippen molar-refractivity contribution >= 4 is 11.6 Å². The summed E-state index contributed by atoms with van der Waals surface area (Å²) < 4.78 is 41.6. The van der Waals surface area contributed by atoms with Crippen molar-refractivity contribution < 1.29 is 13.2 Å². The summed E-state index contributed by atoms with van der Waals surface area (Å²) in [5.74, 6) is -2.20. The maximum atomic E-state index is 14.6. The highest BCUT2D eigenvalue weighted by Gasteiger charge is 2.23. The maximum absolute atomic E-state index is 14.6. The first-order valence-electron chi connectivity index (χ1n) is 6.15. The largest absolute Gasteiger partial charge is 0.207 e. The monoisotopic (exact) mass is 298 g/mol. The second kappa shape index (κ2) is 5.13. The average Bonchev–Trinajstić information content (AvgIpc) is 2.28. The summed E-state index contributed by atoms with van der Waals surface area (Å²) in [5, 5.41) is -0.146. The summed E-state index contributed by atoms with van der Waals surface area (Å²) >= 11 is 5.86. The van der Waals surface area contributed by atoms with Crippen molar-refractivity contribution in [1.82, 2.24) is 0 Å². The second-order valence-corrected chi connectivity index (χ2v) is 6.07. The van der Waals surface area contributed by atoms with Crippen LogP contribution in [0.25, 0.3) is 11.1 Å². The molecule has 0 aliphatic heterocycles. The van der Waals surface area contributed by atoms with E-state index in [1.807, 2.05) is 20.8 Å². The molecule has 0 aromatic heterocycles. The van der Waals surface area contributed by atoms with E-state index in [1.54, 1.807) is 12.1 Å². The van der Waals surface area contributed by atoms with Crippen LogP contribution in [-0.2, 0) is 5.41 Å². The number of rotatable bonds is 1. The molecule has 0 atom stereocenters. The average molecular weight is 299 g/mol. The minimum absolute atomic E-state index is 0.0416. The van der Waals surface area contributed by atoms with Crippen molar-refractivity contribution in [2.75, 3.05) is 0 Å². The van der Waals surface area contributed by atoms with Gasteiger partial charge in [-0.25, -0.2) is 13.2 Å². The highest BCUT2D eigenvalue weighted by molar-refractivity contribution is 6.33. The third kappa shape index (κ3) is 2.68. The van der Waals surface area contributed by atoms with E-state index in [-0.39, 0.29) is 16.1 Å². The van der Waals surface area contributed by atoms with E-state index in [4.69, 9.17) is 11.6 Å². The minimum Gasteiger partial charge on any atom is -0.207 e. The fourth-order valence-corrected chi connectivity index (χ4v) is 2.40. The molecule has 0 aliphatic rings. The summed E-state index contributed by atoms with van der Waals surface area (Å²) in [5.41, 5.74) is -0.0466. The quantitative estimate of drug-likeness (QED) is 0.631. The lowest BCUT2D eigenvalue weighted by Gasteiger charge is -2.21. The first kappa shape index (κ1) is 14.9. The predicted molar refractivity (Wildman–Crippen MR) is 75.5 cm³/mol. The Hall–Kier alpha value is -1.48. The molecule has 2 aromatic rings. The first-order valence-corrected chi connectivity index (χ1v) is 6.53. The molecular weight excluding hydrogens is 285 g/mol. The molecule has 2 rings (SSSR count). The van der Waals surface area contributed by atoms with Gasteiger partial charge < -0.3 is 0 Å². The third-order valence-corrected chi connectivity index (χ3v) is 3.38. The van der Waals surface area contributed by atoms with Crippen LogP contribution in [-0.4, -0.2) is 0 Å². The smallest absolute Gasteiger partial charge is 0.135 e. The lowest BCUT2D eigenvalue weighted by atomic mass is 9.84. The first-order chi connectivity index (χ1) is 9.21. The summed E-state index contributed by atoms with van der Waals surface area (Å²) in [6, 6.07) is 6.40. The molecule has 0 aliphatic carbocycles. The van der Waals surface area contributed by atoms with Gasteiger partial charge in [0.25, 0.3) is 0 Å². The van der Waals surface area contributed by atoms with E-state index < -0.39 is 22.9 Å². The molecule has 0 saturated carbocycles. The molecule has 0 spiro atoms. The molecule has 106 valence electrons. The zero-order chi connectivity index (χ0) is 15.1. The van der Waals surface area contributed by atoms with Crippen LogP contribution in [0, 0.1) is 17.5 Å².